The van der Waals surface area contributed by atoms with E-state index in [1.807, 2.05) is 0 Å². The van der Waals surface area contributed by atoms with Gasteiger partial charge in [-0.1, -0.05) is 49.6 Å². The molecule has 0 unspecified atom stereocenters. The number of ether oxygens (including phenoxy) is 3. The molecule has 0 atom stereocenters. The number of rotatable bonds is 9. The molecule has 3 aromatic carbocycles. The molecule has 0 bridgehead atoms. The summed E-state index contributed by atoms with van der Waals surface area (Å²) in [4.78, 5) is 0. The van der Waals surface area contributed by atoms with Gasteiger partial charge in [0.2, 0.25) is 0 Å². The van der Waals surface area contributed by atoms with E-state index in [0.29, 0.717) is 22.6 Å². The van der Waals surface area contributed by atoms with E-state index in [2.05, 4.69) is 17.9 Å². The molecule has 0 spiro atoms. The van der Waals surface area contributed by atoms with Gasteiger partial charge < -0.3 is 14.2 Å². The normalized spacial score (nSPS) is 11.5. The molecule has 0 radical (unpaired) electrons. The average molecular weight is 470 g/mol. The first-order valence-electron chi connectivity index (χ1n) is 10.1. The number of allylic oxidation sites excluding steroid dienone is 1. The van der Waals surface area contributed by atoms with Crippen LogP contribution in [0, 0.1) is 11.6 Å². The second-order valence-corrected chi connectivity index (χ2v) is 7.19. The summed E-state index contributed by atoms with van der Waals surface area (Å²) in [7, 11) is 2.68. The largest absolute Gasteiger partial charge is 0.497 e. The van der Waals surface area contributed by atoms with Gasteiger partial charge in [-0.2, -0.15) is 4.39 Å². The van der Waals surface area contributed by atoms with E-state index in [1.54, 1.807) is 24.3 Å². The maximum absolute atomic E-state index is 14.9. The molecule has 3 aromatic rings. The van der Waals surface area contributed by atoms with Crippen LogP contribution in [0.1, 0.15) is 0 Å². The average Bonchev–Trinajstić information content (AvgIpc) is 2.88. The monoisotopic (exact) mass is 470 g/mol. The van der Waals surface area contributed by atoms with Gasteiger partial charge in [0, 0.05) is 16.7 Å². The quantitative estimate of drug-likeness (QED) is 0.184. The highest BCUT2D eigenvalue weighted by Gasteiger charge is 2.17. The molecule has 0 fully saturated rings. The van der Waals surface area contributed by atoms with Gasteiger partial charge in [0.1, 0.15) is 23.9 Å². The zero-order valence-corrected chi connectivity index (χ0v) is 18.6. The lowest BCUT2D eigenvalue weighted by Gasteiger charge is -2.11. The fourth-order valence-corrected chi connectivity index (χ4v) is 3.10. The predicted molar refractivity (Wildman–Crippen MR) is 124 cm³/mol. The van der Waals surface area contributed by atoms with Gasteiger partial charge in [0.25, 0.3) is 0 Å². The Kier molecular flexibility index (Phi) is 7.79. The van der Waals surface area contributed by atoms with Crippen molar-refractivity contribution in [3.63, 3.8) is 0 Å². The molecule has 3 nitrogen and oxygen atoms in total. The Labute approximate surface area is 195 Å². The van der Waals surface area contributed by atoms with Crippen molar-refractivity contribution in [3.05, 3.63) is 108 Å². The first kappa shape index (κ1) is 24.6. The standard InChI is InChI=1S/C27H22F4O3/c1-16(24(28)25(29)17(2)32-3)15-34-21-11-7-19(8-12-21)23-14-13-22(26(30)27(23)31)18-5-9-20(33-4)10-6-18/h5-14H,1-2,15H2,3-4H3/b25-24-. The van der Waals surface area contributed by atoms with Gasteiger partial charge in [-0.15, -0.1) is 0 Å². The van der Waals surface area contributed by atoms with E-state index < -0.39 is 29.0 Å². The molecule has 0 aliphatic heterocycles. The lowest BCUT2D eigenvalue weighted by molar-refractivity contribution is 0.279. The smallest absolute Gasteiger partial charge is 0.200 e. The molecule has 0 saturated carbocycles. The molecule has 0 aliphatic rings. The highest BCUT2D eigenvalue weighted by atomic mass is 19.2. The van der Waals surface area contributed by atoms with Gasteiger partial charge in [-0.3, -0.25) is 0 Å². The molecule has 176 valence electrons. The molecule has 34 heavy (non-hydrogen) atoms. The third-order valence-electron chi connectivity index (χ3n) is 5.06. The number of hydrogen-bond acceptors (Lipinski definition) is 3. The second kappa shape index (κ2) is 10.7. The third-order valence-corrected chi connectivity index (χ3v) is 5.06. The topological polar surface area (TPSA) is 27.7 Å². The number of halogens is 4. The van der Waals surface area contributed by atoms with Crippen LogP contribution < -0.4 is 9.47 Å². The summed E-state index contributed by atoms with van der Waals surface area (Å²) in [5.74, 6) is -4.00. The van der Waals surface area contributed by atoms with Crippen molar-refractivity contribution in [3.8, 4) is 33.8 Å². The third kappa shape index (κ3) is 5.31. The first-order chi connectivity index (χ1) is 16.3. The molecule has 0 aromatic heterocycles. The highest BCUT2D eigenvalue weighted by Crippen LogP contribution is 2.33. The second-order valence-electron chi connectivity index (χ2n) is 7.19. The van der Waals surface area contributed by atoms with E-state index in [1.165, 1.54) is 43.5 Å². The predicted octanol–water partition coefficient (Wildman–Crippen LogP) is 7.55. The molecule has 7 heteroatoms. The van der Waals surface area contributed by atoms with Gasteiger partial charge in [-0.25, -0.2) is 13.2 Å². The Bertz CT molecular complexity index is 1230. The lowest BCUT2D eigenvalue weighted by atomic mass is 9.98. The maximum atomic E-state index is 14.9. The van der Waals surface area contributed by atoms with E-state index in [9.17, 15) is 17.6 Å². The van der Waals surface area contributed by atoms with Gasteiger partial charge >= 0.3 is 0 Å². The van der Waals surface area contributed by atoms with Crippen LogP contribution >= 0.6 is 0 Å². The summed E-state index contributed by atoms with van der Waals surface area (Å²) in [6.45, 7) is 6.34. The molecular formula is C27H22F4O3. The van der Waals surface area contributed by atoms with Crippen molar-refractivity contribution >= 4 is 0 Å². The van der Waals surface area contributed by atoms with E-state index in [4.69, 9.17) is 9.47 Å². The van der Waals surface area contributed by atoms with Crippen LogP contribution in [-0.2, 0) is 4.74 Å². The van der Waals surface area contributed by atoms with Crippen molar-refractivity contribution in [2.24, 2.45) is 0 Å². The van der Waals surface area contributed by atoms with E-state index in [0.717, 1.165) is 7.11 Å². The minimum atomic E-state index is -1.26. The molecule has 0 heterocycles. The van der Waals surface area contributed by atoms with Crippen molar-refractivity contribution in [1.82, 2.24) is 0 Å². The fraction of sp³-hybridized carbons (Fsp3) is 0.111. The SMILES string of the molecule is C=C(COc1ccc(-c2ccc(-c3ccc(OC)cc3)c(F)c2F)cc1)/C(F)=C(/F)C(=C)OC. The molecule has 0 amide bonds. The Morgan fingerprint density at radius 1 is 0.706 bits per heavy atom. The van der Waals surface area contributed by atoms with Crippen LogP contribution in [-0.4, -0.2) is 20.8 Å². The Hall–Kier alpha value is -4.00. The number of benzene rings is 3. The van der Waals surface area contributed by atoms with Crippen LogP contribution in [0.15, 0.2) is 96.8 Å². The van der Waals surface area contributed by atoms with Crippen LogP contribution in [0.2, 0.25) is 0 Å². The molecule has 0 aliphatic carbocycles. The number of methoxy groups -OCH3 is 2. The Morgan fingerprint density at radius 3 is 1.62 bits per heavy atom. The molecular weight excluding hydrogens is 448 g/mol. The van der Waals surface area contributed by atoms with Crippen LogP contribution in [0.5, 0.6) is 11.5 Å². The van der Waals surface area contributed by atoms with E-state index in [-0.39, 0.29) is 23.3 Å². The van der Waals surface area contributed by atoms with Crippen LogP contribution in [0.3, 0.4) is 0 Å². The van der Waals surface area contributed by atoms with Crippen molar-refractivity contribution in [2.75, 3.05) is 20.8 Å². The minimum absolute atomic E-state index is 0.0693. The van der Waals surface area contributed by atoms with E-state index >= 15 is 0 Å². The summed E-state index contributed by atoms with van der Waals surface area (Å²) in [6.07, 6.45) is 0. The molecule has 0 saturated heterocycles. The number of hydrogen-bond donors (Lipinski definition) is 0. The van der Waals surface area contributed by atoms with Gasteiger partial charge in [0.05, 0.1) is 14.2 Å². The first-order valence-corrected chi connectivity index (χ1v) is 10.1. The van der Waals surface area contributed by atoms with Crippen molar-refractivity contribution in [2.45, 2.75) is 0 Å². The summed E-state index contributed by atoms with van der Waals surface area (Å²) in [5.41, 5.74) is 0.875. The lowest BCUT2D eigenvalue weighted by Crippen LogP contribution is -2.03. The maximum Gasteiger partial charge on any atom is 0.200 e. The summed E-state index contributed by atoms with van der Waals surface area (Å²) in [5, 5.41) is 0. The Balaban J connectivity index is 1.75. The molecule has 3 rings (SSSR count). The van der Waals surface area contributed by atoms with Crippen LogP contribution in [0.4, 0.5) is 17.6 Å². The van der Waals surface area contributed by atoms with Crippen molar-refractivity contribution < 1.29 is 31.8 Å². The summed E-state index contributed by atoms with van der Waals surface area (Å²) in [6, 6.07) is 15.7. The summed E-state index contributed by atoms with van der Waals surface area (Å²) < 4.78 is 72.4. The Morgan fingerprint density at radius 2 is 1.18 bits per heavy atom. The molecule has 0 N–H and O–H groups in total. The van der Waals surface area contributed by atoms with Gasteiger partial charge in [0.15, 0.2) is 23.3 Å². The highest BCUT2D eigenvalue weighted by molar-refractivity contribution is 5.72. The van der Waals surface area contributed by atoms with Crippen LogP contribution in [0.25, 0.3) is 22.3 Å². The van der Waals surface area contributed by atoms with Crippen molar-refractivity contribution in [1.29, 1.82) is 0 Å². The fourth-order valence-electron chi connectivity index (χ4n) is 3.10. The zero-order valence-electron chi connectivity index (χ0n) is 18.6. The van der Waals surface area contributed by atoms with Gasteiger partial charge in [-0.05, 0) is 35.4 Å². The zero-order chi connectivity index (χ0) is 24.8. The summed E-state index contributed by atoms with van der Waals surface area (Å²) >= 11 is 0. The minimum Gasteiger partial charge on any atom is -0.497 e.